The van der Waals surface area contributed by atoms with E-state index in [1.165, 1.54) is 6.08 Å². The highest BCUT2D eigenvalue weighted by atomic mass is 19.4. The second-order valence-electron chi connectivity index (χ2n) is 5.12. The molecule has 0 aromatic carbocycles. The molecule has 1 aliphatic heterocycles. The summed E-state index contributed by atoms with van der Waals surface area (Å²) < 4.78 is 37.8. The van der Waals surface area contributed by atoms with Gasteiger partial charge in [-0.05, 0) is 37.1 Å². The monoisotopic (exact) mass is 299 g/mol. The van der Waals surface area contributed by atoms with Crippen molar-refractivity contribution in [1.82, 2.24) is 10.3 Å². The van der Waals surface area contributed by atoms with Crippen molar-refractivity contribution in [2.45, 2.75) is 32.5 Å². The molecule has 1 aromatic heterocycles. The van der Waals surface area contributed by atoms with E-state index >= 15 is 0 Å². The second-order valence-corrected chi connectivity index (χ2v) is 5.12. The average molecular weight is 299 g/mol. The Morgan fingerprint density at radius 1 is 1.38 bits per heavy atom. The average Bonchev–Trinajstić information content (AvgIpc) is 2.47. The van der Waals surface area contributed by atoms with Crippen molar-refractivity contribution in [1.29, 1.82) is 0 Å². The second kappa shape index (κ2) is 6.93. The fraction of sp³-hybridized carbons (Fsp3) is 0.533. The van der Waals surface area contributed by atoms with Gasteiger partial charge in [0.05, 0.1) is 0 Å². The van der Waals surface area contributed by atoms with E-state index in [1.54, 1.807) is 6.20 Å². The van der Waals surface area contributed by atoms with Crippen LogP contribution in [0.1, 0.15) is 25.3 Å². The molecule has 3 nitrogen and oxygen atoms in total. The molecule has 6 heteroatoms. The van der Waals surface area contributed by atoms with Gasteiger partial charge in [0.15, 0.2) is 0 Å². The van der Waals surface area contributed by atoms with Gasteiger partial charge in [-0.25, -0.2) is 4.98 Å². The van der Waals surface area contributed by atoms with Gasteiger partial charge in [0.25, 0.3) is 0 Å². The van der Waals surface area contributed by atoms with Crippen LogP contribution >= 0.6 is 0 Å². The largest absolute Gasteiger partial charge is 0.412 e. The van der Waals surface area contributed by atoms with Crippen molar-refractivity contribution in [3.8, 4) is 0 Å². The van der Waals surface area contributed by atoms with Crippen molar-refractivity contribution in [2.75, 3.05) is 24.5 Å². The van der Waals surface area contributed by atoms with E-state index in [9.17, 15) is 13.2 Å². The van der Waals surface area contributed by atoms with E-state index in [0.29, 0.717) is 6.54 Å². The highest BCUT2D eigenvalue weighted by Crippen LogP contribution is 2.31. The first-order chi connectivity index (χ1) is 10.0. The topological polar surface area (TPSA) is 28.2 Å². The minimum atomic E-state index is -4.20. The van der Waals surface area contributed by atoms with E-state index in [-0.39, 0.29) is 13.0 Å². The molecule has 0 saturated carbocycles. The van der Waals surface area contributed by atoms with Gasteiger partial charge in [0, 0.05) is 31.4 Å². The van der Waals surface area contributed by atoms with Gasteiger partial charge in [-0.15, -0.1) is 0 Å². The summed E-state index contributed by atoms with van der Waals surface area (Å²) in [4.78, 5) is 6.14. The number of hydrogen-bond acceptors (Lipinski definition) is 3. The van der Waals surface area contributed by atoms with E-state index in [1.807, 2.05) is 17.0 Å². The number of aromatic nitrogens is 1. The highest BCUT2D eigenvalue weighted by Gasteiger charge is 2.34. The SMILES string of the molecule is CCCNCc1ccnc(N2CC=C(C(F)(F)F)CC2)c1. The molecule has 2 rings (SSSR count). The molecule has 0 fully saturated rings. The molecule has 0 bridgehead atoms. The lowest BCUT2D eigenvalue weighted by molar-refractivity contribution is -0.0944. The number of rotatable bonds is 5. The molecule has 0 spiro atoms. The Labute approximate surface area is 122 Å². The maximum absolute atomic E-state index is 12.6. The molecule has 2 heterocycles. The molecule has 1 N–H and O–H groups in total. The molecule has 1 aliphatic rings. The number of anilines is 1. The maximum Gasteiger partial charge on any atom is 0.412 e. The standard InChI is InChI=1S/C15H20F3N3/c1-2-6-19-11-12-3-7-20-14(10-12)21-8-4-13(5-9-21)15(16,17)18/h3-4,7,10,19H,2,5-6,8-9,11H2,1H3. The third-order valence-electron chi connectivity index (χ3n) is 3.46. The molecule has 0 atom stereocenters. The van der Waals surface area contributed by atoms with Crippen LogP contribution in [-0.2, 0) is 6.54 Å². The number of alkyl halides is 3. The fourth-order valence-electron chi connectivity index (χ4n) is 2.29. The fourth-order valence-corrected chi connectivity index (χ4v) is 2.29. The molecule has 0 unspecified atom stereocenters. The summed E-state index contributed by atoms with van der Waals surface area (Å²) in [5.41, 5.74) is 0.665. The minimum absolute atomic E-state index is 0.0174. The molecule has 0 aliphatic carbocycles. The molecule has 0 radical (unpaired) electrons. The predicted octanol–water partition coefficient (Wildman–Crippen LogP) is 3.28. The number of nitrogens with zero attached hydrogens (tertiary/aromatic N) is 2. The van der Waals surface area contributed by atoms with Crippen molar-refractivity contribution in [3.05, 3.63) is 35.5 Å². The van der Waals surface area contributed by atoms with Gasteiger partial charge in [-0.2, -0.15) is 13.2 Å². The Balaban J connectivity index is 2.00. The zero-order chi connectivity index (χ0) is 15.3. The summed E-state index contributed by atoms with van der Waals surface area (Å²) in [6, 6.07) is 3.86. The zero-order valence-corrected chi connectivity index (χ0v) is 12.1. The van der Waals surface area contributed by atoms with Crippen molar-refractivity contribution < 1.29 is 13.2 Å². The first-order valence-electron chi connectivity index (χ1n) is 7.17. The van der Waals surface area contributed by atoms with E-state index in [4.69, 9.17) is 0 Å². The summed E-state index contributed by atoms with van der Waals surface area (Å²) in [6.45, 7) is 4.40. The van der Waals surface area contributed by atoms with Gasteiger partial charge < -0.3 is 10.2 Å². The van der Waals surface area contributed by atoms with Crippen molar-refractivity contribution in [2.24, 2.45) is 0 Å². The van der Waals surface area contributed by atoms with Crippen LogP contribution in [0.5, 0.6) is 0 Å². The quantitative estimate of drug-likeness (QED) is 0.668. The Morgan fingerprint density at radius 3 is 2.81 bits per heavy atom. The van der Waals surface area contributed by atoms with Crippen LogP contribution in [0.15, 0.2) is 30.0 Å². The van der Waals surface area contributed by atoms with Crippen LogP contribution in [0.2, 0.25) is 0 Å². The predicted molar refractivity (Wildman–Crippen MR) is 77.2 cm³/mol. The lowest BCUT2D eigenvalue weighted by Crippen LogP contribution is -2.32. The summed E-state index contributed by atoms with van der Waals surface area (Å²) in [7, 11) is 0. The Bertz CT molecular complexity index is 497. The first-order valence-corrected chi connectivity index (χ1v) is 7.17. The van der Waals surface area contributed by atoms with E-state index < -0.39 is 11.7 Å². The summed E-state index contributed by atoms with van der Waals surface area (Å²) in [6.07, 6.45) is -0.154. The maximum atomic E-state index is 12.6. The molecule has 0 amide bonds. The zero-order valence-electron chi connectivity index (χ0n) is 12.1. The van der Waals surface area contributed by atoms with Crippen LogP contribution in [0, 0.1) is 0 Å². The van der Waals surface area contributed by atoms with E-state index in [0.717, 1.165) is 30.9 Å². The van der Waals surface area contributed by atoms with Crippen molar-refractivity contribution in [3.63, 3.8) is 0 Å². The molecular weight excluding hydrogens is 279 g/mol. The van der Waals surface area contributed by atoms with E-state index in [2.05, 4.69) is 17.2 Å². The third-order valence-corrected chi connectivity index (χ3v) is 3.46. The normalized spacial score (nSPS) is 16.0. The number of hydrogen-bond donors (Lipinski definition) is 1. The molecule has 21 heavy (non-hydrogen) atoms. The Kier molecular flexibility index (Phi) is 5.22. The molecular formula is C15H20F3N3. The third kappa shape index (κ3) is 4.46. The summed E-state index contributed by atoms with van der Waals surface area (Å²) in [5, 5.41) is 3.30. The lowest BCUT2D eigenvalue weighted by atomic mass is 10.1. The van der Waals surface area contributed by atoms with Crippen LogP contribution < -0.4 is 10.2 Å². The van der Waals surface area contributed by atoms with Crippen LogP contribution in [0.25, 0.3) is 0 Å². The summed E-state index contributed by atoms with van der Waals surface area (Å²) in [5.74, 6) is 0.739. The smallest absolute Gasteiger partial charge is 0.353 e. The number of nitrogens with one attached hydrogen (secondary N) is 1. The van der Waals surface area contributed by atoms with Crippen LogP contribution in [0.4, 0.5) is 19.0 Å². The number of halogens is 3. The Morgan fingerprint density at radius 2 is 2.19 bits per heavy atom. The van der Waals surface area contributed by atoms with Gasteiger partial charge in [-0.3, -0.25) is 0 Å². The first kappa shape index (κ1) is 15.8. The number of pyridine rings is 1. The van der Waals surface area contributed by atoms with Gasteiger partial charge in [0.1, 0.15) is 5.82 Å². The minimum Gasteiger partial charge on any atom is -0.353 e. The molecule has 116 valence electrons. The lowest BCUT2D eigenvalue weighted by Gasteiger charge is -2.28. The van der Waals surface area contributed by atoms with Crippen molar-refractivity contribution >= 4 is 5.82 Å². The summed E-state index contributed by atoms with van der Waals surface area (Å²) >= 11 is 0. The van der Waals surface area contributed by atoms with Gasteiger partial charge in [0.2, 0.25) is 0 Å². The van der Waals surface area contributed by atoms with Gasteiger partial charge >= 0.3 is 6.18 Å². The van der Waals surface area contributed by atoms with Crippen LogP contribution in [-0.4, -0.2) is 30.8 Å². The van der Waals surface area contributed by atoms with Gasteiger partial charge in [-0.1, -0.05) is 13.0 Å². The highest BCUT2D eigenvalue weighted by molar-refractivity contribution is 5.43. The molecule has 1 aromatic rings. The Hall–Kier alpha value is -1.56. The molecule has 0 saturated heterocycles. The van der Waals surface area contributed by atoms with Crippen LogP contribution in [0.3, 0.4) is 0 Å².